The SMILES string of the molecule is C=[N+]1C(c2cc(C(C)C)ccc2-c2cc(F)cc(C34CC5CC(C)(CC(C)(C5)C3)C4)c2O)=CC=C[C-]1c1cc(C(C)C)ccc1-c1cc(F)cc(C23CC4CC(C)(CC(C)(C4)C2)C3)c1O.[CH3-].[CH3-].[Zr+2]. The van der Waals surface area contributed by atoms with Gasteiger partial charge >= 0.3 is 26.2 Å². The Morgan fingerprint density at radius 2 is 1.00 bits per heavy atom. The molecule has 1 aliphatic heterocycles. The van der Waals surface area contributed by atoms with Crippen molar-refractivity contribution in [1.29, 1.82) is 0 Å². The van der Waals surface area contributed by atoms with E-state index in [1.54, 1.807) is 12.1 Å². The van der Waals surface area contributed by atoms with Gasteiger partial charge in [-0.25, -0.2) is 13.4 Å². The molecule has 8 fully saturated rings. The zero-order valence-electron chi connectivity index (χ0n) is 42.6. The molecule has 9 aliphatic rings. The molecule has 8 saturated carbocycles. The molecule has 3 nitrogen and oxygen atoms in total. The standard InChI is InChI=1S/C60H69F2NO2.2CH3.Zr/c1-35(2)39-13-15-43(47-19-41(61)21-49(53(47)64)59-27-37-23-55(5,31-59)29-56(6,24-37)32-59)45(17-39)51-11-10-12-52(63(51)9)46-18-40(36(3)4)14-16-44(46)48-20-42(62)22-50(54(48)65)60-28-38-25-57(7,33-60)30-58(8,26-38)34-60;;;/h10-22,35-38,64-65H,9,23-34H2,1-8H3;2*1H3;/q;2*-1;+2. The number of benzene rings is 4. The first-order valence-electron chi connectivity index (χ1n) is 24.8. The summed E-state index contributed by atoms with van der Waals surface area (Å²) in [5.41, 5.74) is 9.07. The molecule has 0 spiro atoms. The second-order valence-electron chi connectivity index (χ2n) is 25.2. The average molecular weight is 996 g/mol. The number of phenolic OH excluding ortho intramolecular Hbond substituents is 2. The van der Waals surface area contributed by atoms with Crippen LogP contribution < -0.4 is 0 Å². The quantitative estimate of drug-likeness (QED) is 0.136. The molecule has 0 amide bonds. The number of aromatic hydroxyl groups is 2. The van der Waals surface area contributed by atoms with Crippen molar-refractivity contribution >= 4 is 12.4 Å². The largest absolute Gasteiger partial charge is 2.00 e. The van der Waals surface area contributed by atoms with Gasteiger partial charge in [0.15, 0.2) is 5.70 Å². The molecule has 8 bridgehead atoms. The summed E-state index contributed by atoms with van der Waals surface area (Å²) in [6, 6.07) is 19.8. The number of hydrogen-bond donors (Lipinski definition) is 2. The van der Waals surface area contributed by atoms with E-state index in [0.717, 1.165) is 94.8 Å². The Kier molecular flexibility index (Phi) is 12.6. The zero-order valence-corrected chi connectivity index (χ0v) is 45.1. The Hall–Kier alpha value is -3.76. The topological polar surface area (TPSA) is 43.5 Å². The molecular weight excluding hydrogens is 920 g/mol. The maximum atomic E-state index is 16.3. The van der Waals surface area contributed by atoms with Gasteiger partial charge in [0.05, 0.1) is 6.72 Å². The third kappa shape index (κ3) is 8.06. The van der Waals surface area contributed by atoms with E-state index >= 15 is 8.78 Å². The van der Waals surface area contributed by atoms with Gasteiger partial charge in [-0.05, 0) is 181 Å². The van der Waals surface area contributed by atoms with Crippen LogP contribution in [-0.4, -0.2) is 21.5 Å². The normalized spacial score (nSPS) is 32.9. The van der Waals surface area contributed by atoms with Gasteiger partial charge in [-0.3, -0.25) is 0 Å². The smallest absolute Gasteiger partial charge is 0.508 e. The average Bonchev–Trinajstić information content (AvgIpc) is 3.19. The summed E-state index contributed by atoms with van der Waals surface area (Å²) >= 11 is 0. The van der Waals surface area contributed by atoms with Crippen LogP contribution in [0.25, 0.3) is 28.0 Å². The molecule has 358 valence electrons. The molecule has 6 heteroatoms. The van der Waals surface area contributed by atoms with Crippen LogP contribution in [0.4, 0.5) is 8.78 Å². The van der Waals surface area contributed by atoms with Crippen molar-refractivity contribution in [2.45, 2.75) is 155 Å². The second-order valence-corrected chi connectivity index (χ2v) is 25.2. The zero-order chi connectivity index (χ0) is 45.8. The molecule has 13 rings (SSSR count). The second kappa shape index (κ2) is 16.9. The Labute approximate surface area is 426 Å². The van der Waals surface area contributed by atoms with Gasteiger partial charge in [-0.1, -0.05) is 103 Å². The van der Waals surface area contributed by atoms with E-state index in [-0.39, 0.29) is 109 Å². The summed E-state index contributed by atoms with van der Waals surface area (Å²) in [6.45, 7) is 23.1. The number of allylic oxidation sites excluding steroid dienone is 2. The van der Waals surface area contributed by atoms with Crippen molar-refractivity contribution in [3.63, 3.8) is 0 Å². The third-order valence-corrected chi connectivity index (χ3v) is 18.2. The van der Waals surface area contributed by atoms with E-state index in [4.69, 9.17) is 6.72 Å². The van der Waals surface area contributed by atoms with Crippen molar-refractivity contribution in [3.8, 4) is 33.8 Å². The van der Waals surface area contributed by atoms with E-state index in [1.807, 2.05) is 10.7 Å². The number of halogens is 2. The number of nitrogens with zero attached hydrogens (tertiary/aromatic N) is 1. The first-order valence-corrected chi connectivity index (χ1v) is 24.8. The van der Waals surface area contributed by atoms with E-state index in [2.05, 4.69) is 104 Å². The van der Waals surface area contributed by atoms with Gasteiger partial charge in [0.25, 0.3) is 0 Å². The summed E-state index contributed by atoms with van der Waals surface area (Å²) in [7, 11) is 0. The summed E-state index contributed by atoms with van der Waals surface area (Å²) in [6.07, 6.45) is 19.3. The molecule has 68 heavy (non-hydrogen) atoms. The van der Waals surface area contributed by atoms with E-state index in [0.29, 0.717) is 23.0 Å². The van der Waals surface area contributed by atoms with E-state index in [9.17, 15) is 10.2 Å². The summed E-state index contributed by atoms with van der Waals surface area (Å²) < 4.78 is 34.6. The number of hydrogen-bond acceptors (Lipinski definition) is 2. The first kappa shape index (κ1) is 50.6. The molecule has 4 aromatic rings. The van der Waals surface area contributed by atoms with Crippen LogP contribution in [0.1, 0.15) is 178 Å². The Morgan fingerprint density at radius 1 is 0.574 bits per heavy atom. The van der Waals surface area contributed by atoms with Gasteiger partial charge in [-0.15, -0.1) is 6.08 Å². The molecule has 0 aromatic heterocycles. The minimum atomic E-state index is -0.324. The van der Waals surface area contributed by atoms with Crippen LogP contribution in [0.15, 0.2) is 78.9 Å². The molecule has 1 heterocycles. The maximum Gasteiger partial charge on any atom is 2.00 e. The predicted octanol–water partition coefficient (Wildman–Crippen LogP) is 16.6. The molecule has 0 radical (unpaired) electrons. The third-order valence-electron chi connectivity index (χ3n) is 18.2. The maximum absolute atomic E-state index is 16.3. The van der Waals surface area contributed by atoms with E-state index in [1.165, 1.54) is 50.7 Å². The van der Waals surface area contributed by atoms with Gasteiger partial charge in [0.2, 0.25) is 0 Å². The Balaban J connectivity index is 0.00000208. The van der Waals surface area contributed by atoms with E-state index < -0.39 is 0 Å². The van der Waals surface area contributed by atoms with Gasteiger partial charge in [0, 0.05) is 33.1 Å². The molecular formula is C62H75F2NO2Zr. The van der Waals surface area contributed by atoms with Crippen molar-refractivity contribution in [2.24, 2.45) is 33.5 Å². The first-order chi connectivity index (χ1) is 30.6. The van der Waals surface area contributed by atoms with Crippen molar-refractivity contribution in [3.05, 3.63) is 145 Å². The fourth-order valence-electron chi connectivity index (χ4n) is 17.7. The number of rotatable bonds is 8. The van der Waals surface area contributed by atoms with Crippen LogP contribution in [0.3, 0.4) is 0 Å². The van der Waals surface area contributed by atoms with Gasteiger partial charge in [-0.2, -0.15) is 0 Å². The van der Waals surface area contributed by atoms with Crippen LogP contribution in [0, 0.1) is 66.0 Å². The summed E-state index contributed by atoms with van der Waals surface area (Å²) in [5, 5.41) is 25.2. The Morgan fingerprint density at radius 3 is 1.44 bits per heavy atom. The fraction of sp³-hybridized carbons (Fsp3) is 0.484. The van der Waals surface area contributed by atoms with Gasteiger partial charge < -0.3 is 25.1 Å². The van der Waals surface area contributed by atoms with Gasteiger partial charge in [0.1, 0.15) is 29.2 Å². The minimum absolute atomic E-state index is 0. The molecule has 4 aromatic carbocycles. The van der Waals surface area contributed by atoms with Crippen LogP contribution in [-0.2, 0) is 37.0 Å². The van der Waals surface area contributed by atoms with Crippen LogP contribution in [0.2, 0.25) is 0 Å². The predicted molar refractivity (Wildman–Crippen MR) is 273 cm³/mol. The number of phenols is 2. The molecule has 8 aliphatic carbocycles. The molecule has 0 saturated heterocycles. The summed E-state index contributed by atoms with van der Waals surface area (Å²) in [4.78, 5) is 0. The molecule has 2 N–H and O–H groups in total. The summed E-state index contributed by atoms with van der Waals surface area (Å²) in [5.74, 6) is 1.34. The molecule has 4 atom stereocenters. The van der Waals surface area contributed by atoms with Crippen LogP contribution in [0.5, 0.6) is 11.5 Å². The van der Waals surface area contributed by atoms with Crippen molar-refractivity contribution in [2.75, 3.05) is 0 Å². The van der Waals surface area contributed by atoms with Crippen LogP contribution >= 0.6 is 0 Å². The van der Waals surface area contributed by atoms with Crippen molar-refractivity contribution in [1.82, 2.24) is 0 Å². The Bertz CT molecular complexity index is 2730. The minimum Gasteiger partial charge on any atom is -0.508 e. The monoisotopic (exact) mass is 993 g/mol. The molecule has 4 unspecified atom stereocenters. The fourth-order valence-corrected chi connectivity index (χ4v) is 17.7. The van der Waals surface area contributed by atoms with Crippen molar-refractivity contribution < 1.29 is 49.8 Å².